The van der Waals surface area contributed by atoms with Crippen LogP contribution >= 0.6 is 11.3 Å². The van der Waals surface area contributed by atoms with Crippen LogP contribution in [0, 0.1) is 0 Å². The van der Waals surface area contributed by atoms with Crippen LogP contribution in [0.1, 0.15) is 64.2 Å². The highest BCUT2D eigenvalue weighted by Gasteiger charge is 2.20. The molecule has 3 heteroatoms. The van der Waals surface area contributed by atoms with Crippen molar-refractivity contribution >= 4 is 11.3 Å². The van der Waals surface area contributed by atoms with Gasteiger partial charge in [-0.05, 0) is 31.7 Å². The van der Waals surface area contributed by atoms with E-state index in [0.29, 0.717) is 12.1 Å². The molecule has 2 nitrogen and oxygen atoms in total. The quantitative estimate of drug-likeness (QED) is 0.602. The zero-order chi connectivity index (χ0) is 14.8. The van der Waals surface area contributed by atoms with Crippen LogP contribution in [0.4, 0.5) is 0 Å². The van der Waals surface area contributed by atoms with Gasteiger partial charge in [-0.15, -0.1) is 11.3 Å². The first kappa shape index (κ1) is 17.7. The van der Waals surface area contributed by atoms with E-state index in [0.717, 1.165) is 13.1 Å². The lowest BCUT2D eigenvalue weighted by molar-refractivity contribution is 0.139. The van der Waals surface area contributed by atoms with Crippen molar-refractivity contribution in [3.63, 3.8) is 0 Å². The van der Waals surface area contributed by atoms with E-state index >= 15 is 0 Å². The summed E-state index contributed by atoms with van der Waals surface area (Å²) in [7, 11) is 0. The molecule has 1 rings (SSSR count). The average molecular weight is 297 g/mol. The van der Waals surface area contributed by atoms with Crippen molar-refractivity contribution in [3.8, 4) is 0 Å². The Hall–Kier alpha value is -0.380. The van der Waals surface area contributed by atoms with E-state index in [1.54, 1.807) is 0 Å². The Kier molecular flexibility index (Phi) is 9.16. The monoisotopic (exact) mass is 296 g/mol. The summed E-state index contributed by atoms with van der Waals surface area (Å²) in [6.07, 6.45) is 7.97. The summed E-state index contributed by atoms with van der Waals surface area (Å²) >= 11 is 1.85. The van der Waals surface area contributed by atoms with Crippen LogP contribution in [0.15, 0.2) is 17.5 Å². The van der Waals surface area contributed by atoms with Gasteiger partial charge in [0.1, 0.15) is 0 Å². The van der Waals surface area contributed by atoms with Crippen molar-refractivity contribution in [2.24, 2.45) is 5.73 Å². The van der Waals surface area contributed by atoms with Gasteiger partial charge in [0.05, 0.1) is 0 Å². The number of nitrogens with zero attached hydrogens (tertiary/aromatic N) is 1. The molecule has 1 atom stereocenters. The predicted molar refractivity (Wildman–Crippen MR) is 91.2 cm³/mol. The molecule has 0 amide bonds. The zero-order valence-electron chi connectivity index (χ0n) is 13.5. The molecule has 1 aromatic heterocycles. The fourth-order valence-corrected chi connectivity index (χ4v) is 3.43. The zero-order valence-corrected chi connectivity index (χ0v) is 14.3. The fraction of sp³-hybridized carbons (Fsp3) is 0.765. The molecule has 0 aliphatic carbocycles. The second-order valence-electron chi connectivity index (χ2n) is 5.94. The lowest BCUT2D eigenvalue weighted by Crippen LogP contribution is -2.44. The third-order valence-electron chi connectivity index (χ3n) is 3.96. The normalized spacial score (nSPS) is 13.3. The molecule has 0 saturated heterocycles. The predicted octanol–water partition coefficient (Wildman–Crippen LogP) is 4.65. The van der Waals surface area contributed by atoms with Crippen LogP contribution < -0.4 is 5.73 Å². The molecule has 0 aliphatic heterocycles. The van der Waals surface area contributed by atoms with Crippen LogP contribution in [-0.2, 0) is 6.54 Å². The molecular formula is C17H32N2S. The van der Waals surface area contributed by atoms with Crippen LogP contribution in [0.3, 0.4) is 0 Å². The minimum absolute atomic E-state index is 0.527. The van der Waals surface area contributed by atoms with Crippen LogP contribution in [0.2, 0.25) is 0 Å². The van der Waals surface area contributed by atoms with Gasteiger partial charge in [0.2, 0.25) is 0 Å². The number of unbranched alkanes of at least 4 members (excludes halogenated alkanes) is 4. The average Bonchev–Trinajstić information content (AvgIpc) is 2.94. The first-order valence-corrected chi connectivity index (χ1v) is 9.05. The summed E-state index contributed by atoms with van der Waals surface area (Å²) in [5.74, 6) is 0. The second-order valence-corrected chi connectivity index (χ2v) is 6.97. The van der Waals surface area contributed by atoms with Gasteiger partial charge in [0.15, 0.2) is 0 Å². The Morgan fingerprint density at radius 2 is 1.95 bits per heavy atom. The van der Waals surface area contributed by atoms with E-state index in [1.807, 2.05) is 11.3 Å². The molecule has 0 spiro atoms. The maximum atomic E-state index is 6.04. The number of rotatable bonds is 11. The van der Waals surface area contributed by atoms with Gasteiger partial charge in [0.25, 0.3) is 0 Å². The summed E-state index contributed by atoms with van der Waals surface area (Å²) in [5, 5.41) is 2.16. The van der Waals surface area contributed by atoms with Gasteiger partial charge in [-0.3, -0.25) is 4.90 Å². The Morgan fingerprint density at radius 3 is 2.50 bits per heavy atom. The van der Waals surface area contributed by atoms with Crippen LogP contribution in [0.25, 0.3) is 0 Å². The molecule has 0 fully saturated rings. The third-order valence-corrected chi connectivity index (χ3v) is 4.82. The Bertz CT molecular complexity index is 322. The smallest absolute Gasteiger partial charge is 0.0334 e. The first-order chi connectivity index (χ1) is 9.69. The molecule has 20 heavy (non-hydrogen) atoms. The van der Waals surface area contributed by atoms with Gasteiger partial charge in [-0.25, -0.2) is 0 Å². The summed E-state index contributed by atoms with van der Waals surface area (Å²) in [6.45, 7) is 8.66. The third kappa shape index (κ3) is 6.38. The van der Waals surface area contributed by atoms with Gasteiger partial charge in [0, 0.05) is 30.1 Å². The van der Waals surface area contributed by atoms with Crippen molar-refractivity contribution in [1.29, 1.82) is 0 Å². The SMILES string of the molecule is CCCCCCCC(CN)N(Cc1cccs1)C(C)C. The molecule has 0 saturated carbocycles. The van der Waals surface area contributed by atoms with Crippen LogP contribution in [-0.4, -0.2) is 23.5 Å². The van der Waals surface area contributed by atoms with Crippen molar-refractivity contribution in [2.75, 3.05) is 6.54 Å². The molecule has 0 aliphatic rings. The summed E-state index contributed by atoms with van der Waals surface area (Å²) < 4.78 is 0. The fourth-order valence-electron chi connectivity index (χ4n) is 2.72. The van der Waals surface area contributed by atoms with Crippen LogP contribution in [0.5, 0.6) is 0 Å². The molecule has 116 valence electrons. The minimum Gasteiger partial charge on any atom is -0.329 e. The van der Waals surface area contributed by atoms with Crippen molar-refractivity contribution in [2.45, 2.75) is 77.9 Å². The highest BCUT2D eigenvalue weighted by atomic mass is 32.1. The molecule has 0 aromatic carbocycles. The molecular weight excluding hydrogens is 264 g/mol. The van der Waals surface area contributed by atoms with Crippen molar-refractivity contribution in [1.82, 2.24) is 4.90 Å². The topological polar surface area (TPSA) is 29.3 Å². The second kappa shape index (κ2) is 10.4. The maximum absolute atomic E-state index is 6.04. The van der Waals surface area contributed by atoms with E-state index < -0.39 is 0 Å². The molecule has 2 N–H and O–H groups in total. The highest BCUT2D eigenvalue weighted by Crippen LogP contribution is 2.19. The standard InChI is InChI=1S/C17H32N2S/c1-4-5-6-7-8-10-16(13-18)19(15(2)3)14-17-11-9-12-20-17/h9,11-12,15-16H,4-8,10,13-14,18H2,1-3H3. The lowest BCUT2D eigenvalue weighted by Gasteiger charge is -2.34. The highest BCUT2D eigenvalue weighted by molar-refractivity contribution is 7.09. The van der Waals surface area contributed by atoms with E-state index in [9.17, 15) is 0 Å². The number of hydrogen-bond acceptors (Lipinski definition) is 3. The van der Waals surface area contributed by atoms with Gasteiger partial charge in [-0.1, -0.05) is 45.1 Å². The van der Waals surface area contributed by atoms with Crippen molar-refractivity contribution < 1.29 is 0 Å². The molecule has 1 unspecified atom stereocenters. The molecule has 0 radical (unpaired) electrons. The summed E-state index contributed by atoms with van der Waals surface area (Å²) in [6, 6.07) is 5.45. The summed E-state index contributed by atoms with van der Waals surface area (Å²) in [5.41, 5.74) is 6.04. The Morgan fingerprint density at radius 1 is 1.20 bits per heavy atom. The van der Waals surface area contributed by atoms with E-state index in [-0.39, 0.29) is 0 Å². The van der Waals surface area contributed by atoms with Gasteiger partial charge < -0.3 is 5.73 Å². The van der Waals surface area contributed by atoms with Gasteiger partial charge >= 0.3 is 0 Å². The Balaban J connectivity index is 2.44. The van der Waals surface area contributed by atoms with E-state index in [1.165, 1.54) is 43.4 Å². The molecule has 1 heterocycles. The largest absolute Gasteiger partial charge is 0.329 e. The summed E-state index contributed by atoms with van der Waals surface area (Å²) in [4.78, 5) is 4.02. The lowest BCUT2D eigenvalue weighted by atomic mass is 10.0. The minimum atomic E-state index is 0.527. The number of thiophene rings is 1. The Labute approximate surface area is 129 Å². The molecule has 1 aromatic rings. The first-order valence-electron chi connectivity index (χ1n) is 8.17. The van der Waals surface area contributed by atoms with Gasteiger partial charge in [-0.2, -0.15) is 0 Å². The van der Waals surface area contributed by atoms with Crippen molar-refractivity contribution in [3.05, 3.63) is 22.4 Å². The number of hydrogen-bond donors (Lipinski definition) is 1. The van der Waals surface area contributed by atoms with E-state index in [2.05, 4.69) is 43.2 Å². The maximum Gasteiger partial charge on any atom is 0.0334 e. The van der Waals surface area contributed by atoms with E-state index in [4.69, 9.17) is 5.73 Å². The molecule has 0 bridgehead atoms. The number of nitrogens with two attached hydrogens (primary N) is 1.